The molecular weight excluding hydrogens is 345 g/mol. The summed E-state index contributed by atoms with van der Waals surface area (Å²) in [5.74, 6) is 0.274. The molecule has 3 rings (SSSR count). The van der Waals surface area contributed by atoms with Gasteiger partial charge < -0.3 is 18.9 Å². The first-order valence-corrected chi connectivity index (χ1v) is 9.66. The molecule has 2 saturated heterocycles. The van der Waals surface area contributed by atoms with Crippen LogP contribution in [0, 0.1) is 5.41 Å². The van der Waals surface area contributed by atoms with Crippen LogP contribution < -0.4 is 5.59 Å². The van der Waals surface area contributed by atoms with Crippen molar-refractivity contribution in [1.29, 1.82) is 0 Å². The van der Waals surface area contributed by atoms with Crippen molar-refractivity contribution in [2.24, 2.45) is 5.41 Å². The molecule has 0 aromatic carbocycles. The summed E-state index contributed by atoms with van der Waals surface area (Å²) in [7, 11) is -0.452. The minimum absolute atomic E-state index is 0.0238. The van der Waals surface area contributed by atoms with Gasteiger partial charge >= 0.3 is 13.2 Å². The van der Waals surface area contributed by atoms with Gasteiger partial charge in [-0.3, -0.25) is 9.97 Å². The van der Waals surface area contributed by atoms with E-state index in [2.05, 4.69) is 18.8 Å². The third kappa shape index (κ3) is 5.42. The molecule has 2 aliphatic heterocycles. The fraction of sp³-hybridized carbons (Fsp3) is 0.737. The zero-order valence-corrected chi connectivity index (χ0v) is 17.0. The second kappa shape index (κ2) is 7.76. The summed E-state index contributed by atoms with van der Waals surface area (Å²) in [4.78, 5) is 23.1. The molecule has 0 bridgehead atoms. The third-order valence-electron chi connectivity index (χ3n) is 4.73. The van der Waals surface area contributed by atoms with E-state index >= 15 is 0 Å². The van der Waals surface area contributed by atoms with Crippen molar-refractivity contribution in [1.82, 2.24) is 14.9 Å². The van der Waals surface area contributed by atoms with Crippen LogP contribution in [0.15, 0.2) is 12.4 Å². The lowest BCUT2D eigenvalue weighted by atomic mass is 9.80. The molecule has 2 aliphatic rings. The number of hydrogen-bond donors (Lipinski definition) is 0. The Morgan fingerprint density at radius 3 is 2.44 bits per heavy atom. The molecule has 7 nitrogen and oxygen atoms in total. The van der Waals surface area contributed by atoms with Gasteiger partial charge in [0.25, 0.3) is 0 Å². The highest BCUT2D eigenvalue weighted by Gasteiger charge is 2.35. The van der Waals surface area contributed by atoms with Crippen molar-refractivity contribution in [3.8, 4) is 0 Å². The highest BCUT2D eigenvalue weighted by molar-refractivity contribution is 6.60. The number of carbonyl (C=O) groups excluding carboxylic acids is 1. The number of likely N-dealkylation sites (tertiary alicyclic amines) is 1. The van der Waals surface area contributed by atoms with E-state index in [-0.39, 0.29) is 17.4 Å². The Hall–Kier alpha value is -1.67. The van der Waals surface area contributed by atoms with Crippen LogP contribution in [-0.2, 0) is 14.0 Å². The second-order valence-electron chi connectivity index (χ2n) is 9.23. The molecule has 0 radical (unpaired) electrons. The maximum atomic E-state index is 12.2. The Labute approximate surface area is 161 Å². The van der Waals surface area contributed by atoms with Gasteiger partial charge in [-0.15, -0.1) is 0 Å². The van der Waals surface area contributed by atoms with E-state index < -0.39 is 12.7 Å². The molecule has 0 unspecified atom stereocenters. The fourth-order valence-corrected chi connectivity index (χ4v) is 3.25. The molecule has 1 aromatic heterocycles. The van der Waals surface area contributed by atoms with Gasteiger partial charge in [0.1, 0.15) is 5.60 Å². The first-order valence-electron chi connectivity index (χ1n) is 9.66. The summed E-state index contributed by atoms with van der Waals surface area (Å²) in [6.07, 6.45) is 4.97. The molecule has 1 aromatic rings. The zero-order chi connectivity index (χ0) is 19.7. The van der Waals surface area contributed by atoms with Gasteiger partial charge in [0.05, 0.1) is 11.3 Å². The van der Waals surface area contributed by atoms with E-state index in [1.165, 1.54) is 0 Å². The summed E-state index contributed by atoms with van der Waals surface area (Å²) >= 11 is 0. The van der Waals surface area contributed by atoms with Crippen molar-refractivity contribution >= 4 is 18.8 Å². The maximum absolute atomic E-state index is 12.2. The van der Waals surface area contributed by atoms with Gasteiger partial charge in [-0.2, -0.15) is 0 Å². The summed E-state index contributed by atoms with van der Waals surface area (Å²) in [5, 5.41) is 0. The quantitative estimate of drug-likeness (QED) is 0.739. The van der Waals surface area contributed by atoms with Gasteiger partial charge in [-0.05, 0) is 33.6 Å². The Kier molecular flexibility index (Phi) is 5.77. The molecule has 0 N–H and O–H groups in total. The van der Waals surface area contributed by atoms with Crippen LogP contribution in [0.1, 0.15) is 59.1 Å². The zero-order valence-electron chi connectivity index (χ0n) is 17.0. The van der Waals surface area contributed by atoms with Crippen LogP contribution in [0.4, 0.5) is 4.79 Å². The first-order chi connectivity index (χ1) is 12.6. The SMILES string of the molecule is CC1(C)COB(c2cncc(C3CCN(C(=O)OC(C)(C)C)CC3)n2)OC1. The number of rotatable bonds is 2. The molecule has 3 heterocycles. The lowest BCUT2D eigenvalue weighted by Crippen LogP contribution is -2.49. The highest BCUT2D eigenvalue weighted by Crippen LogP contribution is 2.27. The predicted molar refractivity (Wildman–Crippen MR) is 103 cm³/mol. The Bertz CT molecular complexity index is 659. The van der Waals surface area contributed by atoms with Crippen molar-refractivity contribution in [2.45, 2.75) is 59.0 Å². The third-order valence-corrected chi connectivity index (χ3v) is 4.73. The number of amides is 1. The van der Waals surface area contributed by atoms with Crippen LogP contribution in [0.5, 0.6) is 0 Å². The van der Waals surface area contributed by atoms with E-state index in [4.69, 9.17) is 19.0 Å². The normalized spacial score (nSPS) is 21.2. The smallest absolute Gasteiger partial charge is 0.444 e. The van der Waals surface area contributed by atoms with E-state index in [0.717, 1.165) is 24.1 Å². The molecule has 0 spiro atoms. The number of nitrogens with zero attached hydrogens (tertiary/aromatic N) is 3. The fourth-order valence-electron chi connectivity index (χ4n) is 3.25. The van der Waals surface area contributed by atoms with Gasteiger partial charge in [-0.25, -0.2) is 4.79 Å². The lowest BCUT2D eigenvalue weighted by Gasteiger charge is -2.34. The monoisotopic (exact) mass is 375 g/mol. The summed E-state index contributed by atoms with van der Waals surface area (Å²) in [6.45, 7) is 12.5. The molecule has 27 heavy (non-hydrogen) atoms. The predicted octanol–water partition coefficient (Wildman–Crippen LogP) is 2.36. The average molecular weight is 375 g/mol. The summed E-state index contributed by atoms with van der Waals surface area (Å²) < 4.78 is 17.1. The summed E-state index contributed by atoms with van der Waals surface area (Å²) in [5.41, 5.74) is 1.21. The Morgan fingerprint density at radius 2 is 1.85 bits per heavy atom. The average Bonchev–Trinajstić information content (AvgIpc) is 2.60. The van der Waals surface area contributed by atoms with Gasteiger partial charge in [0.2, 0.25) is 0 Å². The molecule has 0 aliphatic carbocycles. The second-order valence-corrected chi connectivity index (χ2v) is 9.23. The highest BCUT2D eigenvalue weighted by atomic mass is 16.6. The van der Waals surface area contributed by atoms with Crippen molar-refractivity contribution in [2.75, 3.05) is 26.3 Å². The van der Waals surface area contributed by atoms with Crippen LogP contribution in [0.25, 0.3) is 0 Å². The largest absolute Gasteiger partial charge is 0.515 e. The number of piperidine rings is 1. The molecule has 148 valence electrons. The topological polar surface area (TPSA) is 73.8 Å². The van der Waals surface area contributed by atoms with E-state index in [1.807, 2.05) is 27.0 Å². The Morgan fingerprint density at radius 1 is 1.22 bits per heavy atom. The number of hydrogen-bond acceptors (Lipinski definition) is 6. The molecule has 0 atom stereocenters. The standard InChI is InChI=1S/C19H30BN3O4/c1-18(2,3)27-17(24)23-8-6-14(7-9-23)15-10-21-11-16(22-15)20-25-12-19(4,5)13-26-20/h10-11,14H,6-9,12-13H2,1-5H3. The molecule has 8 heteroatoms. The molecular formula is C19H30BN3O4. The molecule has 1 amide bonds. The van der Waals surface area contributed by atoms with Crippen LogP contribution in [0.2, 0.25) is 0 Å². The minimum Gasteiger partial charge on any atom is -0.444 e. The number of aromatic nitrogens is 2. The van der Waals surface area contributed by atoms with Crippen molar-refractivity contribution < 1.29 is 18.8 Å². The lowest BCUT2D eigenvalue weighted by molar-refractivity contribution is 0.0204. The molecule has 2 fully saturated rings. The van der Waals surface area contributed by atoms with Crippen LogP contribution in [0.3, 0.4) is 0 Å². The van der Waals surface area contributed by atoms with Gasteiger partial charge in [0, 0.05) is 50.0 Å². The van der Waals surface area contributed by atoms with Crippen molar-refractivity contribution in [3.05, 3.63) is 18.1 Å². The number of carbonyl (C=O) groups is 1. The first kappa shape index (κ1) is 20.1. The van der Waals surface area contributed by atoms with Crippen molar-refractivity contribution in [3.63, 3.8) is 0 Å². The van der Waals surface area contributed by atoms with Gasteiger partial charge in [-0.1, -0.05) is 13.8 Å². The minimum atomic E-state index is -0.470. The van der Waals surface area contributed by atoms with Crippen LogP contribution in [-0.4, -0.2) is 60.0 Å². The van der Waals surface area contributed by atoms with Gasteiger partial charge in [0.15, 0.2) is 0 Å². The number of ether oxygens (including phenoxy) is 1. The Balaban J connectivity index is 1.58. The van der Waals surface area contributed by atoms with E-state index in [9.17, 15) is 4.79 Å². The maximum Gasteiger partial charge on any atom is 0.515 e. The molecule has 0 saturated carbocycles. The van der Waals surface area contributed by atoms with Crippen LogP contribution >= 0.6 is 0 Å². The van der Waals surface area contributed by atoms with E-state index in [0.29, 0.717) is 26.3 Å². The summed E-state index contributed by atoms with van der Waals surface area (Å²) in [6, 6.07) is 0. The van der Waals surface area contributed by atoms with E-state index in [1.54, 1.807) is 11.1 Å².